The zero-order valence-electron chi connectivity index (χ0n) is 12.0. The summed E-state index contributed by atoms with van der Waals surface area (Å²) in [5, 5.41) is 6.03. The summed E-state index contributed by atoms with van der Waals surface area (Å²) in [5.74, 6) is 0. The fraction of sp³-hybridized carbons (Fsp3) is 0.500. The molecular formula is C16H23NOS. The smallest absolute Gasteiger partial charge is 0.129 e. The van der Waals surface area contributed by atoms with Gasteiger partial charge in [0, 0.05) is 28.8 Å². The topological polar surface area (TPSA) is 25.2 Å². The lowest BCUT2D eigenvalue weighted by Crippen LogP contribution is -2.38. The minimum absolute atomic E-state index is 0.593. The van der Waals surface area contributed by atoms with Crippen LogP contribution in [0.1, 0.15) is 27.2 Å². The highest BCUT2D eigenvalue weighted by atomic mass is 32.2. The van der Waals surface area contributed by atoms with E-state index < -0.39 is 0 Å². The van der Waals surface area contributed by atoms with Gasteiger partial charge >= 0.3 is 0 Å². The lowest BCUT2D eigenvalue weighted by molar-refractivity contribution is 0.530. The molecule has 1 saturated heterocycles. The van der Waals surface area contributed by atoms with Crippen LogP contribution in [0.5, 0.6) is 0 Å². The van der Waals surface area contributed by atoms with Crippen LogP contribution in [-0.4, -0.2) is 23.6 Å². The van der Waals surface area contributed by atoms with Crippen LogP contribution in [0.2, 0.25) is 0 Å². The second-order valence-corrected chi connectivity index (χ2v) is 6.43. The van der Waals surface area contributed by atoms with E-state index in [9.17, 15) is 0 Å². The number of thioether (sulfide) groups is 1. The van der Waals surface area contributed by atoms with Crippen LogP contribution in [0.3, 0.4) is 0 Å². The minimum atomic E-state index is 0.593. The van der Waals surface area contributed by atoms with Crippen molar-refractivity contribution in [2.24, 2.45) is 0 Å². The van der Waals surface area contributed by atoms with Crippen LogP contribution >= 0.6 is 11.8 Å². The van der Waals surface area contributed by atoms with Gasteiger partial charge in [0.05, 0.1) is 6.26 Å². The number of furan rings is 1. The Bertz CT molecular complexity index is 543. The van der Waals surface area contributed by atoms with Gasteiger partial charge in [0.25, 0.3) is 0 Å². The third-order valence-electron chi connectivity index (χ3n) is 3.54. The molecule has 0 radical (unpaired) electrons. The molecule has 2 unspecified atom stereocenters. The summed E-state index contributed by atoms with van der Waals surface area (Å²) in [6.07, 6.45) is 9.37. The summed E-state index contributed by atoms with van der Waals surface area (Å²) in [7, 11) is 0. The molecule has 3 heteroatoms. The van der Waals surface area contributed by atoms with Gasteiger partial charge in [-0.3, -0.25) is 0 Å². The predicted molar refractivity (Wildman–Crippen MR) is 84.6 cm³/mol. The van der Waals surface area contributed by atoms with Crippen LogP contribution < -0.4 is 16.0 Å². The van der Waals surface area contributed by atoms with Crippen molar-refractivity contribution in [3.63, 3.8) is 0 Å². The maximum atomic E-state index is 5.39. The second-order valence-electron chi connectivity index (χ2n) is 4.92. The predicted octanol–water partition coefficient (Wildman–Crippen LogP) is 2.29. The second kappa shape index (κ2) is 7.01. The Labute approximate surface area is 119 Å². The fourth-order valence-electron chi connectivity index (χ4n) is 2.24. The number of rotatable bonds is 3. The maximum Gasteiger partial charge on any atom is 0.129 e. The van der Waals surface area contributed by atoms with Crippen molar-refractivity contribution in [2.45, 2.75) is 37.7 Å². The molecule has 2 atom stereocenters. The Morgan fingerprint density at radius 2 is 2.37 bits per heavy atom. The monoisotopic (exact) mass is 277 g/mol. The summed E-state index contributed by atoms with van der Waals surface area (Å²) >= 11 is 2.10. The summed E-state index contributed by atoms with van der Waals surface area (Å²) < 4.78 is 5.39. The lowest BCUT2D eigenvalue weighted by Gasteiger charge is -2.29. The standard InChI is InChI=1S/C16H23NOS/c1-4-14-10-17-11-16(19-14)12(3)6-7-13-8-9-18-15(13)5-2/h5-9,14,16-17H,4,10-11H2,1-3H3/b12-6+,13-7-,15-5+. The number of allylic oxidation sites excluding steroid dienone is 1. The molecule has 0 saturated carbocycles. The molecule has 2 heterocycles. The van der Waals surface area contributed by atoms with E-state index in [1.54, 1.807) is 6.26 Å². The summed E-state index contributed by atoms with van der Waals surface area (Å²) in [5.41, 5.74) is 2.38. The van der Waals surface area contributed by atoms with Gasteiger partial charge in [-0.1, -0.05) is 24.6 Å². The van der Waals surface area contributed by atoms with E-state index in [0.29, 0.717) is 5.25 Å². The Morgan fingerprint density at radius 1 is 1.53 bits per heavy atom. The van der Waals surface area contributed by atoms with Gasteiger partial charge in [0.15, 0.2) is 0 Å². The summed E-state index contributed by atoms with van der Waals surface area (Å²) in [6.45, 7) is 8.71. The lowest BCUT2D eigenvalue weighted by atomic mass is 10.1. The van der Waals surface area contributed by atoms with Crippen LogP contribution in [-0.2, 0) is 0 Å². The average Bonchev–Trinajstić information content (AvgIpc) is 2.92. The van der Waals surface area contributed by atoms with Gasteiger partial charge in [-0.15, -0.1) is 11.8 Å². The number of nitrogens with one attached hydrogen (secondary N) is 1. The van der Waals surface area contributed by atoms with E-state index in [2.05, 4.69) is 43.1 Å². The number of hydrogen-bond donors (Lipinski definition) is 1. The van der Waals surface area contributed by atoms with Crippen LogP contribution in [0.4, 0.5) is 0 Å². The SMILES string of the molecule is C/C=c1/occ/c1=C/C=C(\C)C1CNCC(CC)S1. The van der Waals surface area contributed by atoms with Crippen LogP contribution in [0.15, 0.2) is 28.4 Å². The molecule has 0 amide bonds. The van der Waals surface area contributed by atoms with Crippen molar-refractivity contribution in [1.29, 1.82) is 0 Å². The molecule has 1 aromatic heterocycles. The molecule has 0 aromatic carbocycles. The first kappa shape index (κ1) is 14.5. The maximum absolute atomic E-state index is 5.39. The molecule has 0 spiro atoms. The van der Waals surface area contributed by atoms with E-state index >= 15 is 0 Å². The van der Waals surface area contributed by atoms with Crippen LogP contribution in [0.25, 0.3) is 12.2 Å². The van der Waals surface area contributed by atoms with Gasteiger partial charge in [0.2, 0.25) is 0 Å². The van der Waals surface area contributed by atoms with Crippen molar-refractivity contribution in [3.05, 3.63) is 34.6 Å². The van der Waals surface area contributed by atoms with Crippen molar-refractivity contribution < 1.29 is 4.42 Å². The Balaban J connectivity index is 2.13. The Hall–Kier alpha value is -0.930. The molecule has 104 valence electrons. The van der Waals surface area contributed by atoms with E-state index in [4.69, 9.17) is 4.42 Å². The van der Waals surface area contributed by atoms with Crippen molar-refractivity contribution in [3.8, 4) is 0 Å². The first-order chi connectivity index (χ1) is 9.24. The van der Waals surface area contributed by atoms with Crippen molar-refractivity contribution in [1.82, 2.24) is 5.32 Å². The van der Waals surface area contributed by atoms with Crippen molar-refractivity contribution >= 4 is 23.9 Å². The third-order valence-corrected chi connectivity index (χ3v) is 5.29. The molecule has 19 heavy (non-hydrogen) atoms. The molecule has 2 rings (SSSR count). The molecule has 1 aromatic rings. The zero-order valence-corrected chi connectivity index (χ0v) is 12.8. The van der Waals surface area contributed by atoms with Gasteiger partial charge < -0.3 is 9.73 Å². The van der Waals surface area contributed by atoms with Gasteiger partial charge in [-0.05, 0) is 32.4 Å². The van der Waals surface area contributed by atoms with Gasteiger partial charge in [-0.25, -0.2) is 0 Å². The highest BCUT2D eigenvalue weighted by Crippen LogP contribution is 2.28. The van der Waals surface area contributed by atoms with Crippen LogP contribution in [0, 0.1) is 0 Å². The zero-order chi connectivity index (χ0) is 13.7. The molecule has 1 aliphatic rings. The Morgan fingerprint density at radius 3 is 3.11 bits per heavy atom. The van der Waals surface area contributed by atoms with Gasteiger partial charge in [0.1, 0.15) is 5.42 Å². The highest BCUT2D eigenvalue weighted by Gasteiger charge is 2.21. The average molecular weight is 277 g/mol. The van der Waals surface area contributed by atoms with E-state index in [1.807, 2.05) is 19.1 Å². The molecule has 1 fully saturated rings. The first-order valence-electron chi connectivity index (χ1n) is 6.99. The fourth-order valence-corrected chi connectivity index (χ4v) is 3.62. The van der Waals surface area contributed by atoms with Crippen molar-refractivity contribution in [2.75, 3.05) is 13.1 Å². The molecule has 0 aliphatic carbocycles. The van der Waals surface area contributed by atoms with E-state index in [0.717, 1.165) is 29.0 Å². The summed E-state index contributed by atoms with van der Waals surface area (Å²) in [4.78, 5) is 0. The molecular weight excluding hydrogens is 254 g/mol. The summed E-state index contributed by atoms with van der Waals surface area (Å²) in [6, 6.07) is 2.01. The normalized spacial score (nSPS) is 27.0. The van der Waals surface area contributed by atoms with E-state index in [-0.39, 0.29) is 0 Å². The Kier molecular flexibility index (Phi) is 5.34. The molecule has 0 bridgehead atoms. The molecule has 1 aliphatic heterocycles. The number of hydrogen-bond acceptors (Lipinski definition) is 3. The quantitative estimate of drug-likeness (QED) is 0.918. The largest absolute Gasteiger partial charge is 0.465 e. The minimum Gasteiger partial charge on any atom is -0.465 e. The van der Waals surface area contributed by atoms with E-state index in [1.165, 1.54) is 12.0 Å². The third kappa shape index (κ3) is 3.77. The first-order valence-corrected chi connectivity index (χ1v) is 7.93. The van der Waals surface area contributed by atoms with Gasteiger partial charge in [-0.2, -0.15) is 0 Å². The highest BCUT2D eigenvalue weighted by molar-refractivity contribution is 8.00. The molecule has 1 N–H and O–H groups in total. The molecule has 2 nitrogen and oxygen atoms in total.